The molecule has 0 radical (unpaired) electrons. The smallest absolute Gasteiger partial charge is 0.870 e. The number of hydrogen-bond acceptors (Lipinski definition) is 8. The molecule has 8 rings (SSSR count). The summed E-state index contributed by atoms with van der Waals surface area (Å²) in [7, 11) is 0. The molecule has 2 saturated carbocycles. The molecule has 0 aliphatic heterocycles. The van der Waals surface area contributed by atoms with Gasteiger partial charge in [-0.1, -0.05) is 39.8 Å². The molecule has 2 unspecified atom stereocenters. The third-order valence-corrected chi connectivity index (χ3v) is 11.6. The summed E-state index contributed by atoms with van der Waals surface area (Å²) in [6.45, 7) is 11.2. The monoisotopic (exact) mass is 962 g/mol. The summed E-state index contributed by atoms with van der Waals surface area (Å²) in [5.74, 6) is 0.405. The molecule has 69 heavy (non-hydrogen) atoms. The largest absolute Gasteiger partial charge is 1.00 e. The van der Waals surface area contributed by atoms with Crippen LogP contribution in [0, 0.1) is 23.7 Å². The third kappa shape index (κ3) is 14.5. The average molecular weight is 963 g/mol. The molecule has 2 aliphatic rings. The first-order valence-electron chi connectivity index (χ1n) is 22.3. The zero-order chi connectivity index (χ0) is 47.5. The van der Waals surface area contributed by atoms with Crippen molar-refractivity contribution in [1.82, 2.24) is 18.8 Å². The first-order chi connectivity index (χ1) is 31.3. The van der Waals surface area contributed by atoms with Crippen LogP contribution >= 0.6 is 0 Å². The van der Waals surface area contributed by atoms with E-state index in [2.05, 4.69) is 9.97 Å². The fourth-order valence-corrected chi connectivity index (χ4v) is 7.72. The molecule has 0 saturated heterocycles. The molecular weight excluding hydrogens is 905 g/mol. The fraction of sp³-hybridized carbons (Fsp3) is 0.440. The third-order valence-electron chi connectivity index (χ3n) is 11.6. The maximum Gasteiger partial charge on any atom is 1.00 e. The second kappa shape index (κ2) is 23.4. The second-order valence-corrected chi connectivity index (χ2v) is 18.1. The van der Waals surface area contributed by atoms with Crippen LogP contribution in [0.4, 0.5) is 26.3 Å². The molecule has 2 aromatic carbocycles. The van der Waals surface area contributed by atoms with Crippen molar-refractivity contribution in [3.8, 4) is 33.8 Å². The van der Waals surface area contributed by atoms with E-state index in [0.29, 0.717) is 78.3 Å². The van der Waals surface area contributed by atoms with Gasteiger partial charge in [0.15, 0.2) is 11.4 Å². The van der Waals surface area contributed by atoms with Crippen LogP contribution in [0.5, 0.6) is 11.5 Å². The van der Waals surface area contributed by atoms with Crippen molar-refractivity contribution in [3.63, 3.8) is 0 Å². The van der Waals surface area contributed by atoms with Gasteiger partial charge in [-0.15, -0.1) is 0 Å². The number of carbonyl (C=O) groups is 2. The van der Waals surface area contributed by atoms with E-state index >= 15 is 0 Å². The van der Waals surface area contributed by atoms with Crippen molar-refractivity contribution < 1.29 is 85.1 Å². The molecule has 6 aromatic rings. The van der Waals surface area contributed by atoms with E-state index in [9.17, 15) is 41.0 Å². The van der Waals surface area contributed by atoms with Crippen LogP contribution < -0.4 is 28.3 Å². The molecule has 12 nitrogen and oxygen atoms in total. The minimum atomic E-state index is -4.53. The number of hydrogen-bond donors (Lipinski definition) is 1. The average Bonchev–Trinajstić information content (AvgIpc) is 4.18. The van der Waals surface area contributed by atoms with E-state index in [4.69, 9.17) is 14.2 Å². The number of fused-ring (bicyclic) bond motifs is 2. The Balaban J connectivity index is 0.000000288. The van der Waals surface area contributed by atoms with Crippen molar-refractivity contribution in [2.75, 3.05) is 19.8 Å². The van der Waals surface area contributed by atoms with Crippen molar-refractivity contribution in [2.45, 2.75) is 97.3 Å². The maximum absolute atomic E-state index is 13.1. The van der Waals surface area contributed by atoms with E-state index in [1.807, 2.05) is 45.9 Å². The van der Waals surface area contributed by atoms with Crippen molar-refractivity contribution >= 4 is 23.2 Å². The molecule has 368 valence electrons. The molecule has 0 amide bonds. The van der Waals surface area contributed by atoms with Gasteiger partial charge in [-0.05, 0) is 140 Å². The van der Waals surface area contributed by atoms with Gasteiger partial charge in [0, 0.05) is 35.9 Å². The standard InChI is InChI=1S/C26H29F3N2O3.C24H25F3N2O3.Li.2H2O/c1-4-33-25(32)21(11-16(2)3)18-7-8-22(34-15-17-5-6-17)20(12-18)19-9-10-31-14-23(26(27,28)29)30-24(31)13-19;1-14(2)9-19(23(30)31)16-5-6-20(32-13-15-3-4-15)18(10-16)17-7-8-29-12-21(24(25,26)27)28-22(29)11-17;;;/h7-10,12-14,16-17,21H,4-6,11,15H2,1-3H3;5-8,10-12,14-15,19H,3-4,9,13H2,1-2H3,(H,30,31);;2*1H2/q;;+1;;/p-1. The van der Waals surface area contributed by atoms with Gasteiger partial charge in [0.05, 0.1) is 31.7 Å². The minimum absolute atomic E-state index is 0. The molecular formula is C50H57F6LiN4O8. The van der Waals surface area contributed by atoms with E-state index in [0.717, 1.165) is 49.2 Å². The number of carboxylic acids is 1. The zero-order valence-corrected chi connectivity index (χ0v) is 39.4. The van der Waals surface area contributed by atoms with Gasteiger partial charge in [0.2, 0.25) is 0 Å². The molecule has 2 fully saturated rings. The Kier molecular flexibility index (Phi) is 19.0. The number of imidazole rings is 2. The molecule has 2 atom stereocenters. The van der Waals surface area contributed by atoms with E-state index in [-0.39, 0.29) is 58.9 Å². The quantitative estimate of drug-likeness (QED) is 0.0533. The summed E-state index contributed by atoms with van der Waals surface area (Å²) in [6, 6.07) is 17.5. The van der Waals surface area contributed by atoms with Crippen LogP contribution in [0.25, 0.3) is 33.5 Å². The number of aliphatic carboxylic acids is 1. The second-order valence-electron chi connectivity index (χ2n) is 18.1. The normalized spacial score (nSPS) is 14.5. The van der Waals surface area contributed by atoms with Crippen molar-refractivity contribution in [1.29, 1.82) is 0 Å². The number of alkyl halides is 6. The fourth-order valence-electron chi connectivity index (χ4n) is 7.72. The van der Waals surface area contributed by atoms with E-state index in [1.165, 1.54) is 15.0 Å². The minimum Gasteiger partial charge on any atom is -0.870 e. The Morgan fingerprint density at radius 3 is 1.45 bits per heavy atom. The van der Waals surface area contributed by atoms with Crippen LogP contribution in [-0.4, -0.2) is 66.6 Å². The van der Waals surface area contributed by atoms with Gasteiger partial charge in [-0.2, -0.15) is 26.3 Å². The molecule has 19 heteroatoms. The molecule has 0 bridgehead atoms. The van der Waals surface area contributed by atoms with E-state index in [1.54, 1.807) is 55.6 Å². The summed E-state index contributed by atoms with van der Waals surface area (Å²) >= 11 is 0. The number of pyridine rings is 2. The summed E-state index contributed by atoms with van der Waals surface area (Å²) < 4.78 is 98.7. The predicted octanol–water partition coefficient (Wildman–Crippen LogP) is 8.53. The summed E-state index contributed by atoms with van der Waals surface area (Å²) in [4.78, 5) is 32.1. The zero-order valence-electron chi connectivity index (χ0n) is 39.4. The first-order valence-corrected chi connectivity index (χ1v) is 22.3. The number of rotatable bonds is 17. The van der Waals surface area contributed by atoms with Gasteiger partial charge >= 0.3 is 43.2 Å². The summed E-state index contributed by atoms with van der Waals surface area (Å²) in [6.07, 6.45) is 1.54. The first kappa shape index (κ1) is 56.0. The Morgan fingerprint density at radius 1 is 0.681 bits per heavy atom. The Morgan fingerprint density at radius 2 is 1.09 bits per heavy atom. The van der Waals surface area contributed by atoms with Crippen LogP contribution in [-0.2, 0) is 26.7 Å². The van der Waals surface area contributed by atoms with Gasteiger partial charge in [0.25, 0.3) is 0 Å². The van der Waals surface area contributed by atoms with Crippen LogP contribution in [0.3, 0.4) is 0 Å². The van der Waals surface area contributed by atoms with Crippen molar-refractivity contribution in [3.05, 3.63) is 108 Å². The van der Waals surface area contributed by atoms with Crippen LogP contribution in [0.1, 0.15) is 107 Å². The predicted molar refractivity (Wildman–Crippen MR) is 242 cm³/mol. The molecule has 4 N–H and O–H groups in total. The number of aromatic nitrogens is 4. The van der Waals surface area contributed by atoms with Gasteiger partial charge in [-0.25, -0.2) is 9.97 Å². The number of benzene rings is 2. The Hall–Kier alpha value is -5.54. The molecule has 4 aromatic heterocycles. The van der Waals surface area contributed by atoms with Gasteiger partial charge in [-0.3, -0.25) is 9.59 Å². The summed E-state index contributed by atoms with van der Waals surface area (Å²) in [5, 5.41) is 9.76. The SMILES string of the molecule is CC(C)CC(C(=O)O)c1ccc(OCC2CC2)c(-c2ccn3cc(C(F)(F)F)nc3c2)c1.CCOC(=O)C(CC(C)C)c1ccc(OCC2CC2)c(-c2ccn3cc(C(F)(F)F)nc3c2)c1.O.[Li+].[OH-]. The topological polar surface area (TPSA) is 178 Å². The number of halogens is 6. The Labute approximate surface area is 408 Å². The number of nitrogens with zero attached hydrogens (tertiary/aromatic N) is 4. The number of carbonyl (C=O) groups excluding carboxylic acids is 1. The molecule has 0 spiro atoms. The molecule has 4 heterocycles. The Bertz CT molecular complexity index is 2680. The number of carboxylic acid groups (broad SMARTS) is 1. The van der Waals surface area contributed by atoms with Gasteiger partial charge < -0.3 is 39.1 Å². The van der Waals surface area contributed by atoms with Crippen LogP contribution in [0.15, 0.2) is 85.5 Å². The number of esters is 1. The maximum atomic E-state index is 13.1. The van der Waals surface area contributed by atoms with E-state index < -0.39 is 41.5 Å². The summed E-state index contributed by atoms with van der Waals surface area (Å²) in [5.41, 5.74) is 2.54. The van der Waals surface area contributed by atoms with Crippen LogP contribution in [0.2, 0.25) is 0 Å². The van der Waals surface area contributed by atoms with Gasteiger partial charge in [0.1, 0.15) is 22.8 Å². The van der Waals surface area contributed by atoms with Crippen molar-refractivity contribution in [2.24, 2.45) is 23.7 Å². The number of ether oxygens (including phenoxy) is 3. The molecule has 2 aliphatic carbocycles.